The number of nitrogens with zero attached hydrogens (tertiary/aromatic N) is 2. The summed E-state index contributed by atoms with van der Waals surface area (Å²) in [6, 6.07) is 10.8. The van der Waals surface area contributed by atoms with Gasteiger partial charge in [-0.2, -0.15) is 0 Å². The number of allylic oxidation sites excluding steroid dienone is 2. The minimum atomic E-state index is -0.967. The van der Waals surface area contributed by atoms with E-state index in [2.05, 4.69) is 110 Å². The van der Waals surface area contributed by atoms with E-state index in [9.17, 15) is 4.79 Å². The average Bonchev–Trinajstić information content (AvgIpc) is 4.42. The molecule has 18 heteroatoms. The van der Waals surface area contributed by atoms with Gasteiger partial charge in [0, 0.05) is 48.7 Å². The van der Waals surface area contributed by atoms with Gasteiger partial charge in [0.15, 0.2) is 23.1 Å². The number of aliphatic imine (C=N–C) groups is 1. The molecule has 11 rings (SSSR count). The molecule has 5 radical (unpaired) electrons. The van der Waals surface area contributed by atoms with Crippen LogP contribution in [0, 0.1) is 40.4 Å². The maximum atomic E-state index is 10.9. The van der Waals surface area contributed by atoms with Crippen molar-refractivity contribution in [2.75, 3.05) is 33.0 Å². The predicted octanol–water partition coefficient (Wildman–Crippen LogP) is 13.6. The van der Waals surface area contributed by atoms with E-state index in [1.54, 1.807) is 29.4 Å². The van der Waals surface area contributed by atoms with Crippen molar-refractivity contribution in [2.24, 2.45) is 38.7 Å². The smallest absolute Gasteiger partial charge is 0.0852 e. The molecule has 10 aliphatic rings. The number of Topliss-reactive ketones (excluding diaryl/α,β-unsaturated/α-hetero) is 1. The Hall–Kier alpha value is 0.381. The Morgan fingerprint density at radius 2 is 1.21 bits per heavy atom. The van der Waals surface area contributed by atoms with Gasteiger partial charge in [0.25, 0.3) is 0 Å². The summed E-state index contributed by atoms with van der Waals surface area (Å²) in [4.78, 5) is 16.2. The number of ether oxygens (including phenoxy) is 5. The maximum absolute atomic E-state index is 10.9. The summed E-state index contributed by atoms with van der Waals surface area (Å²) in [7, 11) is 4.34. The number of carbonyl (C=O) groups is 1. The summed E-state index contributed by atoms with van der Waals surface area (Å²) in [5, 5.41) is 0. The van der Waals surface area contributed by atoms with Crippen LogP contribution in [0.5, 0.6) is 0 Å². The number of hydrogen-bond donors (Lipinski definition) is 3. The van der Waals surface area contributed by atoms with Crippen molar-refractivity contribution < 1.29 is 48.8 Å². The van der Waals surface area contributed by atoms with Crippen molar-refractivity contribution in [3.63, 3.8) is 0 Å². The molecule has 0 amide bonds. The van der Waals surface area contributed by atoms with Crippen LogP contribution in [0.3, 0.4) is 0 Å². The van der Waals surface area contributed by atoms with Crippen molar-refractivity contribution in [1.29, 1.82) is 4.35 Å². The van der Waals surface area contributed by atoms with E-state index in [-0.39, 0.29) is 96.5 Å². The molecule has 4 aliphatic heterocycles. The first-order valence-corrected chi connectivity index (χ1v) is 38.7. The van der Waals surface area contributed by atoms with Gasteiger partial charge in [0.05, 0.1) is 56.9 Å². The minimum absolute atomic E-state index is 0. The van der Waals surface area contributed by atoms with Crippen molar-refractivity contribution in [1.82, 2.24) is 0 Å². The number of benzene rings is 1. The predicted molar refractivity (Wildman–Crippen MR) is 385 cm³/mol. The van der Waals surface area contributed by atoms with E-state index < -0.39 is 19.8 Å². The Kier molecular flexibility index (Phi) is 73.5. The molecule has 0 spiro atoms. The van der Waals surface area contributed by atoms with Crippen molar-refractivity contribution in [2.45, 2.75) is 281 Å². The summed E-state index contributed by atoms with van der Waals surface area (Å²) >= 11 is 7.43. The number of nitrogens with two attached hydrogens (primary N) is 1. The molecule has 1 aromatic carbocycles. The quantitative estimate of drug-likeness (QED) is 0.0588. The molecule has 483 valence electrons. The van der Waals surface area contributed by atoms with Crippen LogP contribution in [0.4, 0.5) is 0 Å². The first-order valence-electron chi connectivity index (χ1n) is 29.8. The SMILES string of the molecule is C.C.C.C.C.C.C#CCOC1CCCC1Br.C1=CCCC1.C=C1COC2CCCC12.CCC[CH2][SnH]([CH2]CCC)[CH2]CCC.NC1COC2CCCC12.O=C1COC2CCCC12.[AlH3].[B].[B]=NS.[H-].[Li+].[NH]=[Al].c1ccc(CN=C2COC3CCCC23)cc1. The fraction of sp³-hybridized carbons (Fsp3) is 0.791. The minimum Gasteiger partial charge on any atom is -0.372 e. The topological polar surface area (TPSA) is 138 Å². The molecule has 4 heterocycles. The Bertz CT molecular complexity index is 1790. The summed E-state index contributed by atoms with van der Waals surface area (Å²) in [5.74, 6) is 5.14. The number of alkyl halides is 1. The maximum Gasteiger partial charge on any atom is 0.0852 e. The van der Waals surface area contributed by atoms with Gasteiger partial charge in [-0.05, 0) is 101 Å². The zero-order valence-electron chi connectivity index (χ0n) is 50.1. The van der Waals surface area contributed by atoms with E-state index >= 15 is 0 Å². The molecule has 85 heavy (non-hydrogen) atoms. The Morgan fingerprint density at radius 3 is 1.68 bits per heavy atom. The summed E-state index contributed by atoms with van der Waals surface area (Å²) in [6.07, 6.45) is 43.3. The number of fused-ring (bicyclic) bond motifs is 4. The van der Waals surface area contributed by atoms with Gasteiger partial charge in [0.1, 0.15) is 13.2 Å². The number of halogens is 1. The molecule has 4 saturated heterocycles. The first-order chi connectivity index (χ1) is 37.2. The third-order valence-corrected chi connectivity index (χ3v) is 28.0. The number of rotatable bonds is 13. The third-order valence-electron chi connectivity index (χ3n) is 16.5. The number of terminal acetylenes is 1. The zero-order chi connectivity index (χ0) is 55.2. The second-order valence-electron chi connectivity index (χ2n) is 22.0. The van der Waals surface area contributed by atoms with Gasteiger partial charge in [-0.15, -0.1) is 6.42 Å². The number of ketones is 1. The second kappa shape index (κ2) is 63.2. The van der Waals surface area contributed by atoms with Crippen molar-refractivity contribution in [3.8, 4) is 12.3 Å². The molecular weight excluding hydrogens is 1270 g/mol. The van der Waals surface area contributed by atoms with Crippen LogP contribution in [0.2, 0.25) is 13.3 Å². The number of hydrogen-bond acceptors (Lipinski definition) is 11. The largest absolute Gasteiger partial charge is 0.372 e. The molecule has 3 N–H and O–H groups in total. The van der Waals surface area contributed by atoms with Crippen LogP contribution in [0.25, 0.3) is 0 Å². The Morgan fingerprint density at radius 1 is 0.741 bits per heavy atom. The second-order valence-corrected chi connectivity index (χ2v) is 33.3. The van der Waals surface area contributed by atoms with Gasteiger partial charge >= 0.3 is 156 Å². The Balaban J connectivity index is -0.000000135. The number of nitrogens with one attached hydrogen (secondary N) is 1. The number of unbranched alkanes of at least 4 members (excludes halogenated alkanes) is 3. The summed E-state index contributed by atoms with van der Waals surface area (Å²) in [6.45, 7) is 15.0. The van der Waals surface area contributed by atoms with Gasteiger partial charge < -0.3 is 30.8 Å². The molecule has 11 unspecified atom stereocenters. The van der Waals surface area contributed by atoms with Gasteiger partial charge in [0.2, 0.25) is 0 Å². The van der Waals surface area contributed by atoms with Crippen LogP contribution in [0.1, 0.15) is 226 Å². The summed E-state index contributed by atoms with van der Waals surface area (Å²) < 4.78 is 40.8. The van der Waals surface area contributed by atoms with Crippen molar-refractivity contribution >= 4 is 110 Å². The fourth-order valence-electron chi connectivity index (χ4n) is 12.2. The van der Waals surface area contributed by atoms with E-state index in [1.165, 1.54) is 152 Å². The van der Waals surface area contributed by atoms with E-state index in [0.717, 1.165) is 51.5 Å². The van der Waals surface area contributed by atoms with Crippen LogP contribution >= 0.6 is 28.7 Å². The fourth-order valence-corrected chi connectivity index (χ4v) is 23.8. The van der Waals surface area contributed by atoms with Gasteiger partial charge in [-0.1, -0.05) is 141 Å². The average molecular weight is 1400 g/mol. The molecule has 0 bridgehead atoms. The van der Waals surface area contributed by atoms with Crippen LogP contribution in [0.15, 0.2) is 63.9 Å². The molecule has 11 atom stereocenters. The molecule has 5 saturated carbocycles. The molecule has 10 nitrogen and oxygen atoms in total. The first kappa shape index (κ1) is 99.0. The monoisotopic (exact) mass is 1400 g/mol. The normalized spacial score (nSPS) is 26.7. The molecule has 0 aromatic heterocycles. The summed E-state index contributed by atoms with van der Waals surface area (Å²) in [5.41, 5.74) is 9.71. The number of carbonyl (C=O) groups excluding carboxylic acids is 1. The molecular formula is C67H129Al2B2BrLiN4O6SSn. The third kappa shape index (κ3) is 39.5. The standard InChI is InChI=1S/C14H17NO.C8H11BrO.C8H12O.C7H13NO.C7H10O2.C5H8.3C4H9.6CH4.2Al.BHNS.B.Li.HN.Sn.5H/c1-2-5-11(6-3-1)9-15-13-10-16-14-8-4-7-12(13)14;1-2-6-10-8-5-3-4-7(8)9;1-6-5-9-8-4-2-3-7(6)8;2*8-6-4-9-7-3-1-2-5(6)7;1-2-4-5-3-1;3*1-3-4-2;;;;;;;;;1-2-3;;;;;;;;;/h1-3,5-6,12,14H,4,7-10H2;1,7-8H,3-6H2;7-8H,1-5H2;5-7H,1-4,8H2;5,7H,1-4H2;1-2H,3-5H2;3*1,3-4H2,2H3;6*1H4;;;3H;;;1H;;;;;;/q;;;;;;;;;;;;;;;;;;;+1;;;;;;;-1. The van der Waals surface area contributed by atoms with Gasteiger partial charge in [-0.3, -0.25) is 9.79 Å². The van der Waals surface area contributed by atoms with Gasteiger partial charge in [-0.25, -0.2) is 0 Å². The zero-order valence-corrected chi connectivity index (χ0v) is 56.0. The Labute approximate surface area is 582 Å². The van der Waals surface area contributed by atoms with E-state index in [0.29, 0.717) is 72.2 Å². The molecule has 1 aromatic rings. The van der Waals surface area contributed by atoms with Crippen LogP contribution in [-0.2, 0) is 35.0 Å². The molecule has 9 fully saturated rings. The molecule has 6 aliphatic carbocycles. The van der Waals surface area contributed by atoms with Crippen molar-refractivity contribution in [3.05, 3.63) is 60.2 Å². The van der Waals surface area contributed by atoms with Crippen LogP contribution < -0.4 is 24.6 Å². The van der Waals surface area contributed by atoms with E-state index in [4.69, 9.17) is 45.2 Å². The van der Waals surface area contributed by atoms with Crippen LogP contribution in [-0.4, -0.2) is 155 Å². The van der Waals surface area contributed by atoms with E-state index in [1.807, 2.05) is 6.07 Å². The number of thiol groups is 1.